The third-order valence-corrected chi connectivity index (χ3v) is 4.39. The van der Waals surface area contributed by atoms with Crippen molar-refractivity contribution in [1.29, 1.82) is 0 Å². The summed E-state index contributed by atoms with van der Waals surface area (Å²) in [6.45, 7) is 9.73. The molecule has 0 aromatic carbocycles. The minimum atomic E-state index is 0.339. The van der Waals surface area contributed by atoms with Crippen molar-refractivity contribution in [2.45, 2.75) is 44.9 Å². The van der Waals surface area contributed by atoms with E-state index in [1.807, 2.05) is 6.92 Å². The van der Waals surface area contributed by atoms with E-state index in [0.717, 1.165) is 55.9 Å². The van der Waals surface area contributed by atoms with Crippen LogP contribution in [0.1, 0.15) is 33.6 Å². The van der Waals surface area contributed by atoms with Crippen LogP contribution in [0.15, 0.2) is 5.16 Å². The molecule has 0 radical (unpaired) electrons. The van der Waals surface area contributed by atoms with Crippen LogP contribution in [0.25, 0.3) is 0 Å². The van der Waals surface area contributed by atoms with E-state index in [0.29, 0.717) is 12.1 Å². The highest BCUT2D eigenvalue weighted by molar-refractivity contribution is 7.99. The molecular weight excluding hydrogens is 286 g/mol. The molecule has 1 N–H and O–H groups in total. The molecule has 0 amide bonds. The molecule has 118 valence electrons. The lowest BCUT2D eigenvalue weighted by Crippen LogP contribution is -2.25. The average Bonchev–Trinajstić information content (AvgIpc) is 3.00. The Balaban J connectivity index is 2.09. The van der Waals surface area contributed by atoms with Crippen LogP contribution >= 0.6 is 11.8 Å². The second-order valence-corrected chi connectivity index (χ2v) is 5.88. The first-order valence-electron chi connectivity index (χ1n) is 7.76. The third-order valence-electron chi connectivity index (χ3n) is 3.41. The molecule has 1 unspecified atom stereocenters. The summed E-state index contributed by atoms with van der Waals surface area (Å²) >= 11 is 1.66. The molecule has 7 heteroatoms. The maximum absolute atomic E-state index is 5.65. The number of aromatic nitrogens is 3. The smallest absolute Gasteiger partial charge is 0.231 e. The summed E-state index contributed by atoms with van der Waals surface area (Å²) in [7, 11) is 0. The Labute approximate surface area is 131 Å². The van der Waals surface area contributed by atoms with Crippen molar-refractivity contribution in [3.8, 4) is 0 Å². The van der Waals surface area contributed by atoms with Crippen molar-refractivity contribution in [3.05, 3.63) is 0 Å². The van der Waals surface area contributed by atoms with Gasteiger partial charge in [-0.1, -0.05) is 11.8 Å². The standard InChI is InChI=1S/C14H25N5OS/c1-4-15-12-16-13(19(5-2)6-3)18-14(17-12)21-10-11-8-7-9-20-11/h11H,4-10H2,1-3H3,(H,15,16,17,18). The van der Waals surface area contributed by atoms with Gasteiger partial charge in [0.1, 0.15) is 0 Å². The van der Waals surface area contributed by atoms with E-state index in [9.17, 15) is 0 Å². The quantitative estimate of drug-likeness (QED) is 0.740. The minimum Gasteiger partial charge on any atom is -0.377 e. The van der Waals surface area contributed by atoms with Gasteiger partial charge in [0.15, 0.2) is 5.16 Å². The fourth-order valence-corrected chi connectivity index (χ4v) is 3.13. The summed E-state index contributed by atoms with van der Waals surface area (Å²) < 4.78 is 5.65. The predicted molar refractivity (Wildman–Crippen MR) is 87.2 cm³/mol. The largest absolute Gasteiger partial charge is 0.377 e. The Morgan fingerprint density at radius 2 is 2.05 bits per heavy atom. The molecular formula is C14H25N5OS. The molecule has 1 aliphatic rings. The fraction of sp³-hybridized carbons (Fsp3) is 0.786. The monoisotopic (exact) mass is 311 g/mol. The Bertz CT molecular complexity index is 435. The molecule has 2 heterocycles. The zero-order valence-electron chi connectivity index (χ0n) is 13.1. The number of hydrogen-bond acceptors (Lipinski definition) is 7. The number of nitrogens with zero attached hydrogens (tertiary/aromatic N) is 4. The Morgan fingerprint density at radius 3 is 2.67 bits per heavy atom. The number of ether oxygens (including phenoxy) is 1. The number of hydrogen-bond donors (Lipinski definition) is 1. The van der Waals surface area contributed by atoms with E-state index in [1.165, 1.54) is 0 Å². The summed E-state index contributed by atoms with van der Waals surface area (Å²) in [5.41, 5.74) is 0. The van der Waals surface area contributed by atoms with Crippen LogP contribution < -0.4 is 10.2 Å². The number of anilines is 2. The summed E-state index contributed by atoms with van der Waals surface area (Å²) in [4.78, 5) is 15.7. The van der Waals surface area contributed by atoms with Gasteiger partial charge in [-0.15, -0.1) is 0 Å². The highest BCUT2D eigenvalue weighted by atomic mass is 32.2. The van der Waals surface area contributed by atoms with Crippen LogP contribution in [0, 0.1) is 0 Å². The van der Waals surface area contributed by atoms with Crippen molar-refractivity contribution in [1.82, 2.24) is 15.0 Å². The number of thioether (sulfide) groups is 1. The Hall–Kier alpha value is -1.08. The van der Waals surface area contributed by atoms with Crippen molar-refractivity contribution >= 4 is 23.7 Å². The molecule has 1 atom stereocenters. The van der Waals surface area contributed by atoms with Crippen LogP contribution in [0.5, 0.6) is 0 Å². The molecule has 2 rings (SSSR count). The average molecular weight is 311 g/mol. The molecule has 6 nitrogen and oxygen atoms in total. The van der Waals surface area contributed by atoms with Crippen LogP contribution in [0.2, 0.25) is 0 Å². The lowest BCUT2D eigenvalue weighted by Gasteiger charge is -2.19. The van der Waals surface area contributed by atoms with Crippen molar-refractivity contribution in [2.75, 3.05) is 42.2 Å². The summed E-state index contributed by atoms with van der Waals surface area (Å²) in [5.74, 6) is 2.32. The molecule has 21 heavy (non-hydrogen) atoms. The van der Waals surface area contributed by atoms with E-state index in [1.54, 1.807) is 11.8 Å². The molecule has 1 fully saturated rings. The van der Waals surface area contributed by atoms with E-state index >= 15 is 0 Å². The van der Waals surface area contributed by atoms with Gasteiger partial charge in [0.05, 0.1) is 6.10 Å². The molecule has 0 aliphatic carbocycles. The maximum Gasteiger partial charge on any atom is 0.231 e. The first-order chi connectivity index (χ1) is 10.3. The van der Waals surface area contributed by atoms with Crippen molar-refractivity contribution < 1.29 is 4.74 Å². The van der Waals surface area contributed by atoms with Gasteiger partial charge in [0.25, 0.3) is 0 Å². The van der Waals surface area contributed by atoms with Gasteiger partial charge in [-0.2, -0.15) is 15.0 Å². The van der Waals surface area contributed by atoms with Crippen molar-refractivity contribution in [2.24, 2.45) is 0 Å². The number of rotatable bonds is 8. The third kappa shape index (κ3) is 4.71. The van der Waals surface area contributed by atoms with Gasteiger partial charge in [-0.05, 0) is 33.6 Å². The highest BCUT2D eigenvalue weighted by Crippen LogP contribution is 2.23. The molecule has 1 saturated heterocycles. The normalized spacial score (nSPS) is 18.0. The van der Waals surface area contributed by atoms with Gasteiger partial charge < -0.3 is 15.0 Å². The summed E-state index contributed by atoms with van der Waals surface area (Å²) in [6, 6.07) is 0. The summed E-state index contributed by atoms with van der Waals surface area (Å²) in [6.07, 6.45) is 2.64. The van der Waals surface area contributed by atoms with E-state index in [2.05, 4.69) is 39.0 Å². The number of nitrogens with one attached hydrogen (secondary N) is 1. The Morgan fingerprint density at radius 1 is 1.24 bits per heavy atom. The van der Waals surface area contributed by atoms with Gasteiger partial charge in [0.2, 0.25) is 11.9 Å². The molecule has 0 spiro atoms. The molecule has 1 aliphatic heterocycles. The highest BCUT2D eigenvalue weighted by Gasteiger charge is 2.17. The van der Waals surface area contributed by atoms with Gasteiger partial charge in [-0.3, -0.25) is 0 Å². The lowest BCUT2D eigenvalue weighted by molar-refractivity contribution is 0.129. The first-order valence-corrected chi connectivity index (χ1v) is 8.74. The predicted octanol–water partition coefficient (Wildman–Crippen LogP) is 2.42. The lowest BCUT2D eigenvalue weighted by atomic mass is 10.3. The van der Waals surface area contributed by atoms with Crippen molar-refractivity contribution in [3.63, 3.8) is 0 Å². The minimum absolute atomic E-state index is 0.339. The second kappa shape index (κ2) is 8.38. The topological polar surface area (TPSA) is 63.2 Å². The van der Waals surface area contributed by atoms with E-state index < -0.39 is 0 Å². The van der Waals surface area contributed by atoms with E-state index in [-0.39, 0.29) is 0 Å². The molecule has 0 saturated carbocycles. The first kappa shape index (κ1) is 16.3. The van der Waals surface area contributed by atoms with Crippen LogP contribution in [0.4, 0.5) is 11.9 Å². The molecule has 1 aromatic rings. The van der Waals surface area contributed by atoms with Crippen LogP contribution in [-0.4, -0.2) is 53.0 Å². The second-order valence-electron chi connectivity index (χ2n) is 4.89. The molecule has 1 aromatic heterocycles. The van der Waals surface area contributed by atoms with Crippen LogP contribution in [0.3, 0.4) is 0 Å². The zero-order chi connectivity index (χ0) is 15.1. The van der Waals surface area contributed by atoms with Crippen LogP contribution in [-0.2, 0) is 4.74 Å². The SMILES string of the molecule is CCNc1nc(SCC2CCCO2)nc(N(CC)CC)n1. The van der Waals surface area contributed by atoms with Gasteiger partial charge in [-0.25, -0.2) is 0 Å². The zero-order valence-corrected chi connectivity index (χ0v) is 13.9. The maximum atomic E-state index is 5.65. The van der Waals surface area contributed by atoms with Gasteiger partial charge >= 0.3 is 0 Å². The Kier molecular flexibility index (Phi) is 6.50. The van der Waals surface area contributed by atoms with Gasteiger partial charge in [0, 0.05) is 32.0 Å². The van der Waals surface area contributed by atoms with E-state index in [4.69, 9.17) is 4.74 Å². The molecule has 0 bridgehead atoms. The summed E-state index contributed by atoms with van der Waals surface area (Å²) in [5, 5.41) is 3.96. The fourth-order valence-electron chi connectivity index (χ4n) is 2.24.